The van der Waals surface area contributed by atoms with Gasteiger partial charge >= 0.3 is 15.6 Å². The number of nitrogens with one attached hydrogen (secondary N) is 2. The highest BCUT2D eigenvalue weighted by Crippen LogP contribution is 2.39. The molecule has 1 amide bonds. The number of nitrogens with zero attached hydrogens (tertiary/aromatic N) is 1. The van der Waals surface area contributed by atoms with Crippen molar-refractivity contribution in [3.05, 3.63) is 90.0 Å². The molecule has 4 aromatic carbocycles. The van der Waals surface area contributed by atoms with Crippen LogP contribution in [-0.4, -0.2) is 59.9 Å². The van der Waals surface area contributed by atoms with Crippen LogP contribution in [0.25, 0.3) is 11.1 Å². The lowest BCUT2D eigenvalue weighted by atomic mass is 10.0. The number of ether oxygens (including phenoxy) is 3. The molecule has 2 aliphatic rings. The van der Waals surface area contributed by atoms with Crippen molar-refractivity contribution in [3.8, 4) is 28.4 Å². The average Bonchev–Trinajstić information content (AvgIpc) is 3.19. The molecule has 0 bridgehead atoms. The molecule has 0 aromatic heterocycles. The maximum atomic E-state index is 13.2. The Balaban J connectivity index is 1.14. The molecule has 6 rings (SSSR count). The molecule has 2 N–H and O–H groups in total. The van der Waals surface area contributed by atoms with Crippen molar-refractivity contribution in [2.75, 3.05) is 55.6 Å². The number of methoxy groups -OCH3 is 1. The lowest BCUT2D eigenvalue weighted by molar-refractivity contribution is -0.0500. The molecule has 0 aliphatic carbocycles. The zero-order chi connectivity index (χ0) is 33.2. The molecule has 4 aromatic rings. The Kier molecular flexibility index (Phi) is 8.88. The SMILES string of the molecule is COc1cc(-c2ccc3c(c2)Nc2ccc(CCOc4ccc(N5CCOCC5)cc4)cc2NC3=O)ccc1OS(=O)(=O)C(F)(F)F. The number of fused-ring (bicyclic) bond motifs is 2. The van der Waals surface area contributed by atoms with Crippen molar-refractivity contribution < 1.29 is 44.8 Å². The summed E-state index contributed by atoms with van der Waals surface area (Å²) in [5.41, 5.74) is -0.307. The van der Waals surface area contributed by atoms with Gasteiger partial charge in [-0.1, -0.05) is 18.2 Å². The van der Waals surface area contributed by atoms with E-state index in [1.54, 1.807) is 18.2 Å². The van der Waals surface area contributed by atoms with Gasteiger partial charge in [0.2, 0.25) is 0 Å². The van der Waals surface area contributed by atoms with E-state index in [9.17, 15) is 26.4 Å². The van der Waals surface area contributed by atoms with Crippen molar-refractivity contribution in [1.29, 1.82) is 0 Å². The molecule has 14 heteroatoms. The Morgan fingerprint density at radius 1 is 0.830 bits per heavy atom. The van der Waals surface area contributed by atoms with Gasteiger partial charge < -0.3 is 33.9 Å². The second kappa shape index (κ2) is 13.0. The first-order valence-electron chi connectivity index (χ1n) is 14.6. The summed E-state index contributed by atoms with van der Waals surface area (Å²) >= 11 is 0. The predicted molar refractivity (Wildman–Crippen MR) is 170 cm³/mol. The third-order valence-corrected chi connectivity index (χ3v) is 8.68. The van der Waals surface area contributed by atoms with Gasteiger partial charge in [0.25, 0.3) is 5.91 Å². The van der Waals surface area contributed by atoms with Crippen LogP contribution in [0.3, 0.4) is 0 Å². The van der Waals surface area contributed by atoms with Gasteiger partial charge in [-0.2, -0.15) is 21.6 Å². The number of hydrogen-bond acceptors (Lipinski definition) is 9. The Hall–Kier alpha value is -4.95. The number of morpholine rings is 1. The van der Waals surface area contributed by atoms with Crippen LogP contribution in [0.15, 0.2) is 78.9 Å². The van der Waals surface area contributed by atoms with Crippen molar-refractivity contribution in [3.63, 3.8) is 0 Å². The molecule has 2 aliphatic heterocycles. The molecule has 0 spiro atoms. The van der Waals surface area contributed by atoms with Gasteiger partial charge in [-0.15, -0.1) is 0 Å². The molecule has 0 atom stereocenters. The van der Waals surface area contributed by atoms with Gasteiger partial charge in [0.15, 0.2) is 11.5 Å². The van der Waals surface area contributed by atoms with Crippen LogP contribution >= 0.6 is 0 Å². The minimum atomic E-state index is -5.88. The Morgan fingerprint density at radius 2 is 1.55 bits per heavy atom. The number of halogens is 3. The minimum Gasteiger partial charge on any atom is -0.493 e. The summed E-state index contributed by atoms with van der Waals surface area (Å²) in [7, 11) is -4.71. The quantitative estimate of drug-likeness (QED) is 0.155. The number of carbonyl (C=O) groups excluding carboxylic acids is 1. The summed E-state index contributed by atoms with van der Waals surface area (Å²) in [6.07, 6.45) is 0.608. The lowest BCUT2D eigenvalue weighted by Crippen LogP contribution is -2.36. The number of alkyl halides is 3. The van der Waals surface area contributed by atoms with Gasteiger partial charge in [0.1, 0.15) is 5.75 Å². The summed E-state index contributed by atoms with van der Waals surface area (Å²) in [6.45, 7) is 3.61. The fourth-order valence-electron chi connectivity index (χ4n) is 5.26. The van der Waals surface area contributed by atoms with E-state index >= 15 is 0 Å². The monoisotopic (exact) mass is 669 g/mol. The summed E-state index contributed by atoms with van der Waals surface area (Å²) in [5, 5.41) is 6.23. The van der Waals surface area contributed by atoms with E-state index in [2.05, 4.69) is 19.7 Å². The number of anilines is 4. The molecular formula is C33H30F3N3O7S. The number of rotatable bonds is 9. The molecule has 1 saturated heterocycles. The zero-order valence-corrected chi connectivity index (χ0v) is 25.9. The van der Waals surface area contributed by atoms with Gasteiger partial charge in [0.05, 0.1) is 49.6 Å². The highest BCUT2D eigenvalue weighted by atomic mass is 32.2. The number of benzene rings is 4. The predicted octanol–water partition coefficient (Wildman–Crippen LogP) is 6.36. The fourth-order valence-corrected chi connectivity index (χ4v) is 5.73. The molecule has 0 radical (unpaired) electrons. The summed E-state index contributed by atoms with van der Waals surface area (Å²) in [6, 6.07) is 22.5. The standard InChI is InChI=1S/C33H30F3N3O7S/c1-43-31-20-23(4-11-30(31)46-47(41,42)33(34,35)36)22-3-9-26-28(19-22)37-27-10-2-21(18-29(27)38-32(26)40)12-15-45-25-7-5-24(6-8-25)39-13-16-44-17-14-39/h2-11,18-20,37H,12-17H2,1H3,(H,38,40). The molecule has 246 valence electrons. The van der Waals surface area contributed by atoms with Crippen LogP contribution in [0.5, 0.6) is 17.2 Å². The van der Waals surface area contributed by atoms with E-state index < -0.39 is 21.4 Å². The maximum Gasteiger partial charge on any atom is 0.534 e. The summed E-state index contributed by atoms with van der Waals surface area (Å²) < 4.78 is 82.2. The maximum absolute atomic E-state index is 13.2. The van der Waals surface area contributed by atoms with Gasteiger partial charge in [0, 0.05) is 25.2 Å². The van der Waals surface area contributed by atoms with Gasteiger partial charge in [-0.25, -0.2) is 0 Å². The third kappa shape index (κ3) is 7.08. The second-order valence-corrected chi connectivity index (χ2v) is 12.3. The van der Waals surface area contributed by atoms with Crippen LogP contribution in [-0.2, 0) is 21.3 Å². The van der Waals surface area contributed by atoms with Crippen LogP contribution in [0, 0.1) is 0 Å². The van der Waals surface area contributed by atoms with E-state index in [4.69, 9.17) is 14.2 Å². The molecule has 1 fully saturated rings. The van der Waals surface area contributed by atoms with Gasteiger partial charge in [-0.05, 0) is 77.4 Å². The van der Waals surface area contributed by atoms with E-state index in [-0.39, 0.29) is 11.7 Å². The van der Waals surface area contributed by atoms with Crippen molar-refractivity contribution >= 4 is 38.8 Å². The molecule has 47 heavy (non-hydrogen) atoms. The Morgan fingerprint density at radius 3 is 2.28 bits per heavy atom. The van der Waals surface area contributed by atoms with Crippen molar-refractivity contribution in [2.24, 2.45) is 0 Å². The summed E-state index contributed by atoms with van der Waals surface area (Å²) in [5.74, 6) is -0.394. The molecule has 0 saturated carbocycles. The Labute approximate surface area is 269 Å². The van der Waals surface area contributed by atoms with Gasteiger partial charge in [-0.3, -0.25) is 4.79 Å². The number of amides is 1. The first kappa shape index (κ1) is 32.0. The molecular weight excluding hydrogens is 639 g/mol. The minimum absolute atomic E-state index is 0.220. The fraction of sp³-hybridized carbons (Fsp3) is 0.242. The van der Waals surface area contributed by atoms with E-state index in [1.165, 1.54) is 19.2 Å². The van der Waals surface area contributed by atoms with Crippen LogP contribution < -0.4 is 29.2 Å². The summed E-state index contributed by atoms with van der Waals surface area (Å²) in [4.78, 5) is 15.4. The van der Waals surface area contributed by atoms with E-state index in [0.29, 0.717) is 46.8 Å². The smallest absolute Gasteiger partial charge is 0.493 e. The number of carbonyl (C=O) groups is 1. The van der Waals surface area contributed by atoms with Crippen LogP contribution in [0.1, 0.15) is 15.9 Å². The van der Waals surface area contributed by atoms with Crippen molar-refractivity contribution in [2.45, 2.75) is 11.9 Å². The van der Waals surface area contributed by atoms with Crippen LogP contribution in [0.4, 0.5) is 35.9 Å². The number of hydrogen-bond donors (Lipinski definition) is 2. The van der Waals surface area contributed by atoms with E-state index in [1.807, 2.05) is 42.5 Å². The highest BCUT2D eigenvalue weighted by molar-refractivity contribution is 7.88. The molecule has 0 unspecified atom stereocenters. The first-order valence-corrected chi connectivity index (χ1v) is 16.0. The third-order valence-electron chi connectivity index (χ3n) is 7.72. The van der Waals surface area contributed by atoms with Crippen molar-refractivity contribution in [1.82, 2.24) is 0 Å². The average molecular weight is 670 g/mol. The molecule has 10 nitrogen and oxygen atoms in total. The normalized spacial score (nSPS) is 14.6. The first-order chi connectivity index (χ1) is 22.5. The lowest BCUT2D eigenvalue weighted by Gasteiger charge is -2.28. The zero-order valence-electron chi connectivity index (χ0n) is 25.1. The molecule has 2 heterocycles. The van der Waals surface area contributed by atoms with Crippen LogP contribution in [0.2, 0.25) is 0 Å². The van der Waals surface area contributed by atoms with E-state index in [0.717, 1.165) is 49.4 Å². The topological polar surface area (TPSA) is 115 Å². The largest absolute Gasteiger partial charge is 0.534 e. The second-order valence-electron chi connectivity index (χ2n) is 10.8. The Bertz CT molecular complexity index is 1890. The highest BCUT2D eigenvalue weighted by Gasteiger charge is 2.49.